The van der Waals surface area contributed by atoms with Crippen molar-refractivity contribution in [2.24, 2.45) is 0 Å². The van der Waals surface area contributed by atoms with E-state index in [9.17, 15) is 17.6 Å². The Hall–Kier alpha value is -1.51. The van der Waals surface area contributed by atoms with E-state index in [1.807, 2.05) is 0 Å². The van der Waals surface area contributed by atoms with Crippen LogP contribution in [-0.4, -0.2) is 64.0 Å². The highest BCUT2D eigenvalue weighted by atomic mass is 32.2. The molecule has 0 aliphatic carbocycles. The number of halogens is 1. The number of rotatable bonds is 7. The maximum Gasteiger partial charge on any atom is 0.241 e. The number of carbonyl (C=O) groups is 1. The van der Waals surface area contributed by atoms with Crippen LogP contribution in [0.1, 0.15) is 11.6 Å². The van der Waals surface area contributed by atoms with Gasteiger partial charge in [-0.1, -0.05) is 12.1 Å². The molecule has 0 aromatic heterocycles. The largest absolute Gasteiger partial charge is 0.353 e. The van der Waals surface area contributed by atoms with Crippen LogP contribution in [0.15, 0.2) is 24.3 Å². The first-order valence-corrected chi connectivity index (χ1v) is 8.58. The van der Waals surface area contributed by atoms with E-state index in [1.165, 1.54) is 19.2 Å². The second-order valence-corrected chi connectivity index (χ2v) is 7.38. The molecule has 0 radical (unpaired) electrons. The van der Waals surface area contributed by atoms with Crippen LogP contribution in [0.4, 0.5) is 4.39 Å². The van der Waals surface area contributed by atoms with Crippen molar-refractivity contribution in [3.05, 3.63) is 35.6 Å². The van der Waals surface area contributed by atoms with Gasteiger partial charge in [-0.15, -0.1) is 0 Å². The highest BCUT2D eigenvalue weighted by Crippen LogP contribution is 2.18. The van der Waals surface area contributed by atoms with E-state index >= 15 is 0 Å². The zero-order valence-corrected chi connectivity index (χ0v) is 14.0. The number of nitrogens with zero attached hydrogens (tertiary/aromatic N) is 2. The summed E-state index contributed by atoms with van der Waals surface area (Å²) in [5, 5.41) is 2.70. The molecular weight excluding hydrogens is 309 g/mol. The Labute approximate surface area is 131 Å². The van der Waals surface area contributed by atoms with Crippen LogP contribution in [0, 0.1) is 5.82 Å². The van der Waals surface area contributed by atoms with Gasteiger partial charge in [-0.3, -0.25) is 9.69 Å². The summed E-state index contributed by atoms with van der Waals surface area (Å²) in [5.74, 6) is -0.630. The molecule has 0 saturated carbocycles. The number of benzene rings is 1. The lowest BCUT2D eigenvalue weighted by Gasteiger charge is -2.24. The average molecular weight is 331 g/mol. The number of sulfonamides is 1. The minimum atomic E-state index is -3.26. The van der Waals surface area contributed by atoms with E-state index in [0.29, 0.717) is 5.56 Å². The van der Waals surface area contributed by atoms with Crippen LogP contribution >= 0.6 is 0 Å². The molecule has 0 bridgehead atoms. The third-order valence-corrected chi connectivity index (χ3v) is 4.56. The number of nitrogens with one attached hydrogen (secondary N) is 1. The molecule has 0 spiro atoms. The van der Waals surface area contributed by atoms with Gasteiger partial charge < -0.3 is 5.32 Å². The summed E-state index contributed by atoms with van der Waals surface area (Å²) >= 11 is 0. The molecule has 1 amide bonds. The van der Waals surface area contributed by atoms with Gasteiger partial charge in [0.15, 0.2) is 0 Å². The second-order valence-electron chi connectivity index (χ2n) is 5.29. The van der Waals surface area contributed by atoms with Crippen LogP contribution < -0.4 is 5.32 Å². The Morgan fingerprint density at radius 2 is 1.77 bits per heavy atom. The van der Waals surface area contributed by atoms with Crippen LogP contribution in [-0.2, 0) is 14.8 Å². The quantitative estimate of drug-likeness (QED) is 0.787. The fourth-order valence-electron chi connectivity index (χ4n) is 1.93. The molecule has 0 saturated heterocycles. The van der Waals surface area contributed by atoms with E-state index in [-0.39, 0.29) is 24.8 Å². The lowest BCUT2D eigenvalue weighted by atomic mass is 10.1. The van der Waals surface area contributed by atoms with Crippen molar-refractivity contribution in [3.63, 3.8) is 0 Å². The van der Waals surface area contributed by atoms with Gasteiger partial charge in [0.2, 0.25) is 15.9 Å². The van der Waals surface area contributed by atoms with E-state index in [0.717, 1.165) is 10.6 Å². The summed E-state index contributed by atoms with van der Waals surface area (Å²) in [6.07, 6.45) is 1.11. The molecule has 1 unspecified atom stereocenters. The topological polar surface area (TPSA) is 69.7 Å². The van der Waals surface area contributed by atoms with Gasteiger partial charge in [0.1, 0.15) is 11.9 Å². The number of carbonyl (C=O) groups excluding carboxylic acids is 1. The molecule has 0 aliphatic heterocycles. The number of likely N-dealkylation sites (N-methyl/N-ethyl adjacent to an activating group) is 2. The highest BCUT2D eigenvalue weighted by molar-refractivity contribution is 7.88. The van der Waals surface area contributed by atoms with Crippen LogP contribution in [0.5, 0.6) is 0 Å². The molecule has 6 nitrogen and oxygen atoms in total. The zero-order valence-electron chi connectivity index (χ0n) is 13.2. The van der Waals surface area contributed by atoms with Gasteiger partial charge in [-0.05, 0) is 31.8 Å². The Morgan fingerprint density at radius 1 is 1.23 bits per heavy atom. The summed E-state index contributed by atoms with van der Waals surface area (Å²) in [4.78, 5) is 14.0. The van der Waals surface area contributed by atoms with Gasteiger partial charge in [0.25, 0.3) is 0 Å². The van der Waals surface area contributed by atoms with Crippen LogP contribution in [0.25, 0.3) is 0 Å². The molecule has 8 heteroatoms. The van der Waals surface area contributed by atoms with Gasteiger partial charge in [-0.2, -0.15) is 0 Å². The molecule has 1 N–H and O–H groups in total. The van der Waals surface area contributed by atoms with Crippen LogP contribution in [0.3, 0.4) is 0 Å². The predicted octanol–water partition coefficient (Wildman–Crippen LogP) is 0.436. The van der Waals surface area contributed by atoms with Crippen molar-refractivity contribution in [2.45, 2.75) is 6.04 Å². The fourth-order valence-corrected chi connectivity index (χ4v) is 2.35. The van der Waals surface area contributed by atoms with Gasteiger partial charge in [-0.25, -0.2) is 17.1 Å². The van der Waals surface area contributed by atoms with E-state index in [2.05, 4.69) is 5.32 Å². The minimum Gasteiger partial charge on any atom is -0.353 e. The summed E-state index contributed by atoms with van der Waals surface area (Å²) in [6, 6.07) is 5.15. The lowest BCUT2D eigenvalue weighted by Crippen LogP contribution is -2.41. The maximum atomic E-state index is 13.0. The first-order chi connectivity index (χ1) is 10.1. The van der Waals surface area contributed by atoms with E-state index in [1.54, 1.807) is 31.1 Å². The Bertz CT molecular complexity index is 602. The number of hydrogen-bond donors (Lipinski definition) is 1. The monoisotopic (exact) mass is 331 g/mol. The second kappa shape index (κ2) is 7.66. The molecule has 1 aromatic rings. The highest BCUT2D eigenvalue weighted by Gasteiger charge is 2.23. The van der Waals surface area contributed by atoms with E-state index < -0.39 is 16.1 Å². The predicted molar refractivity (Wildman–Crippen MR) is 83.3 cm³/mol. The molecule has 0 aliphatic rings. The van der Waals surface area contributed by atoms with Gasteiger partial charge in [0, 0.05) is 20.1 Å². The van der Waals surface area contributed by atoms with Crippen molar-refractivity contribution >= 4 is 15.9 Å². The Kier molecular flexibility index (Phi) is 6.46. The third-order valence-electron chi connectivity index (χ3n) is 3.24. The SMILES string of the molecule is CN(C)C(C(=O)NCCN(C)S(C)(=O)=O)c1ccc(F)cc1. The van der Waals surface area contributed by atoms with E-state index in [4.69, 9.17) is 0 Å². The van der Waals surface area contributed by atoms with Crippen molar-refractivity contribution in [2.75, 3.05) is 40.5 Å². The average Bonchev–Trinajstić information content (AvgIpc) is 2.39. The molecule has 0 fully saturated rings. The first kappa shape index (κ1) is 18.5. The maximum absolute atomic E-state index is 13.0. The van der Waals surface area contributed by atoms with Gasteiger partial charge >= 0.3 is 0 Å². The van der Waals surface area contributed by atoms with Crippen LogP contribution in [0.2, 0.25) is 0 Å². The lowest BCUT2D eigenvalue weighted by molar-refractivity contribution is -0.125. The summed E-state index contributed by atoms with van der Waals surface area (Å²) < 4.78 is 36.7. The summed E-state index contributed by atoms with van der Waals surface area (Å²) in [7, 11) is 1.68. The molecule has 1 rings (SSSR count). The standard InChI is InChI=1S/C14H22FN3O3S/c1-17(2)13(11-5-7-12(15)8-6-11)14(19)16-9-10-18(3)22(4,20)21/h5-8,13H,9-10H2,1-4H3,(H,16,19). The van der Waals surface area contributed by atoms with Crippen molar-refractivity contribution < 1.29 is 17.6 Å². The third kappa shape index (κ3) is 5.36. The Balaban J connectivity index is 2.69. The minimum absolute atomic E-state index is 0.189. The van der Waals surface area contributed by atoms with Crippen molar-refractivity contribution in [1.82, 2.24) is 14.5 Å². The molecular formula is C14H22FN3O3S. The molecule has 1 atom stereocenters. The zero-order chi connectivity index (χ0) is 16.9. The first-order valence-electron chi connectivity index (χ1n) is 6.74. The van der Waals surface area contributed by atoms with Gasteiger partial charge in [0.05, 0.1) is 6.26 Å². The number of hydrogen-bond acceptors (Lipinski definition) is 4. The Morgan fingerprint density at radius 3 is 2.23 bits per heavy atom. The summed E-state index contributed by atoms with van der Waals surface area (Å²) in [5.41, 5.74) is 0.667. The molecule has 1 aromatic carbocycles. The normalized spacial score (nSPS) is 13.4. The molecule has 22 heavy (non-hydrogen) atoms. The summed E-state index contributed by atoms with van der Waals surface area (Å²) in [6.45, 7) is 0.391. The molecule has 0 heterocycles. The van der Waals surface area contributed by atoms with Crippen molar-refractivity contribution in [1.29, 1.82) is 0 Å². The number of amides is 1. The molecule has 124 valence electrons. The smallest absolute Gasteiger partial charge is 0.241 e. The van der Waals surface area contributed by atoms with Crippen molar-refractivity contribution in [3.8, 4) is 0 Å². The fraction of sp³-hybridized carbons (Fsp3) is 0.500.